The largest absolute Gasteiger partial charge is 0.394 e. The Kier molecular flexibility index (Phi) is 22.7. The zero-order valence-corrected chi connectivity index (χ0v) is 21.8. The average molecular weight is 484 g/mol. The quantitative estimate of drug-likeness (QED) is 0.104. The van der Waals surface area contributed by atoms with E-state index in [1.165, 1.54) is 57.8 Å². The molecule has 0 aliphatic heterocycles. The van der Waals surface area contributed by atoms with Crippen LogP contribution in [-0.2, 0) is 4.79 Å². The van der Waals surface area contributed by atoms with Gasteiger partial charge in [0.2, 0.25) is 5.91 Å². The molecule has 0 aliphatic rings. The summed E-state index contributed by atoms with van der Waals surface area (Å²) in [5.41, 5.74) is 0. The molecule has 4 atom stereocenters. The zero-order chi connectivity index (χ0) is 25.4. The van der Waals surface area contributed by atoms with Crippen molar-refractivity contribution in [2.75, 3.05) is 6.61 Å². The fourth-order valence-corrected chi connectivity index (χ4v) is 3.85. The Morgan fingerprint density at radius 3 is 1.94 bits per heavy atom. The number of allylic oxidation sites excluding steroid dienone is 3. The molecule has 0 fully saturated rings. The Hall–Kier alpha value is -1.21. The van der Waals surface area contributed by atoms with Crippen molar-refractivity contribution in [3.63, 3.8) is 0 Å². The van der Waals surface area contributed by atoms with Gasteiger partial charge in [-0.25, -0.2) is 0 Å². The molecule has 0 rings (SSSR count). The molecule has 200 valence electrons. The van der Waals surface area contributed by atoms with Gasteiger partial charge in [-0.05, 0) is 25.7 Å². The lowest BCUT2D eigenvalue weighted by Crippen LogP contribution is -2.53. The summed E-state index contributed by atoms with van der Waals surface area (Å²) in [6, 6.07) is -1.01. The molecule has 0 heterocycles. The van der Waals surface area contributed by atoms with Gasteiger partial charge in [-0.15, -0.1) is 0 Å². The molecule has 6 nitrogen and oxygen atoms in total. The van der Waals surface area contributed by atoms with Crippen LogP contribution in [0.2, 0.25) is 0 Å². The monoisotopic (exact) mass is 483 g/mol. The van der Waals surface area contributed by atoms with Crippen molar-refractivity contribution in [3.8, 4) is 0 Å². The Bertz CT molecular complexity index is 523. The minimum atomic E-state index is -1.27. The van der Waals surface area contributed by atoms with Gasteiger partial charge in [0, 0.05) is 6.42 Å². The first kappa shape index (κ1) is 32.8. The number of unbranched alkanes of at least 4 members (excludes halogenated alkanes) is 11. The predicted molar refractivity (Wildman–Crippen MR) is 141 cm³/mol. The van der Waals surface area contributed by atoms with Crippen LogP contribution in [0.3, 0.4) is 0 Å². The maximum absolute atomic E-state index is 12.2. The fourth-order valence-electron chi connectivity index (χ4n) is 3.85. The third kappa shape index (κ3) is 18.2. The summed E-state index contributed by atoms with van der Waals surface area (Å²) in [6.45, 7) is 3.88. The summed E-state index contributed by atoms with van der Waals surface area (Å²) in [6.07, 6.45) is 21.0. The van der Waals surface area contributed by atoms with Gasteiger partial charge in [-0.1, -0.05) is 109 Å². The highest BCUT2D eigenvalue weighted by molar-refractivity contribution is 5.81. The van der Waals surface area contributed by atoms with Crippen molar-refractivity contribution in [1.82, 2.24) is 5.32 Å². The van der Waals surface area contributed by atoms with Crippen LogP contribution in [0.1, 0.15) is 117 Å². The molecule has 0 aromatic heterocycles. The van der Waals surface area contributed by atoms with E-state index in [1.807, 2.05) is 6.08 Å². The molecule has 34 heavy (non-hydrogen) atoms. The number of carbonyl (C=O) groups excluding carboxylic acids is 1. The van der Waals surface area contributed by atoms with Crippen LogP contribution in [-0.4, -0.2) is 57.3 Å². The summed E-state index contributed by atoms with van der Waals surface area (Å²) in [7, 11) is 0. The van der Waals surface area contributed by atoms with Gasteiger partial charge in [0.1, 0.15) is 12.2 Å². The molecule has 0 aliphatic carbocycles. The molecule has 0 spiro atoms. The molecule has 4 unspecified atom stereocenters. The van der Waals surface area contributed by atoms with Crippen molar-refractivity contribution in [2.45, 2.75) is 141 Å². The fraction of sp³-hybridized carbons (Fsp3) is 0.821. The van der Waals surface area contributed by atoms with Crippen LogP contribution >= 0.6 is 0 Å². The first-order valence-electron chi connectivity index (χ1n) is 13.7. The van der Waals surface area contributed by atoms with Gasteiger partial charge in [-0.2, -0.15) is 0 Å². The molecule has 0 aromatic rings. The molecule has 6 heteroatoms. The van der Waals surface area contributed by atoms with Crippen molar-refractivity contribution in [3.05, 3.63) is 24.3 Å². The van der Waals surface area contributed by atoms with Gasteiger partial charge in [0.15, 0.2) is 0 Å². The number of rotatable bonds is 23. The maximum atomic E-state index is 12.2. The second-order valence-corrected chi connectivity index (χ2v) is 9.40. The normalized spacial score (nSPS) is 15.6. The first-order valence-corrected chi connectivity index (χ1v) is 13.7. The average Bonchev–Trinajstić information content (AvgIpc) is 2.84. The molecular weight excluding hydrogens is 430 g/mol. The summed E-state index contributed by atoms with van der Waals surface area (Å²) < 4.78 is 0. The van der Waals surface area contributed by atoms with Crippen molar-refractivity contribution >= 4 is 5.91 Å². The number of amides is 1. The Labute approximate surface area is 208 Å². The lowest BCUT2D eigenvalue weighted by molar-refractivity contribution is -0.132. The predicted octanol–water partition coefficient (Wildman–Crippen LogP) is 4.94. The Morgan fingerprint density at radius 1 is 0.765 bits per heavy atom. The van der Waals surface area contributed by atoms with Crippen LogP contribution in [0.15, 0.2) is 24.3 Å². The van der Waals surface area contributed by atoms with Crippen molar-refractivity contribution < 1.29 is 25.2 Å². The molecule has 0 saturated carbocycles. The van der Waals surface area contributed by atoms with Crippen LogP contribution in [0.25, 0.3) is 0 Å². The summed E-state index contributed by atoms with van der Waals surface area (Å²) >= 11 is 0. The smallest absolute Gasteiger partial charge is 0.249 e. The van der Waals surface area contributed by atoms with E-state index in [9.17, 15) is 25.2 Å². The standard InChI is InChI=1S/C28H53NO5/c1-3-5-7-9-11-12-13-14-15-16-18-20-22-26(32)28(34)29-24(23-30)27(33)25(31)21-19-17-10-8-6-4-2/h14-15,18,20,24-27,30-33H,3-13,16-17,19,21-23H2,1-2H3,(H,29,34)/b15-14-,20-18-. The summed E-state index contributed by atoms with van der Waals surface area (Å²) in [4.78, 5) is 12.2. The third-order valence-corrected chi connectivity index (χ3v) is 6.18. The molecule has 0 saturated heterocycles. The number of hydrogen-bond acceptors (Lipinski definition) is 5. The van der Waals surface area contributed by atoms with Crippen molar-refractivity contribution in [1.29, 1.82) is 0 Å². The SMILES string of the molecule is CCCCCCCC/C=C\C/C=C\CC(O)C(=O)NC(CO)C(O)C(O)CCCCCCCC. The Morgan fingerprint density at radius 2 is 1.32 bits per heavy atom. The van der Waals surface area contributed by atoms with Crippen LogP contribution in [0.4, 0.5) is 0 Å². The maximum Gasteiger partial charge on any atom is 0.249 e. The van der Waals surface area contributed by atoms with E-state index in [0.29, 0.717) is 6.42 Å². The third-order valence-electron chi connectivity index (χ3n) is 6.18. The molecule has 5 N–H and O–H groups in total. The minimum absolute atomic E-state index is 0.158. The van der Waals surface area contributed by atoms with Gasteiger partial charge in [-0.3, -0.25) is 4.79 Å². The number of carbonyl (C=O) groups is 1. The number of hydrogen-bond donors (Lipinski definition) is 5. The summed E-state index contributed by atoms with van der Waals surface area (Å²) in [5, 5.41) is 42.6. The highest BCUT2D eigenvalue weighted by atomic mass is 16.3. The van der Waals surface area contributed by atoms with E-state index >= 15 is 0 Å². The minimum Gasteiger partial charge on any atom is -0.394 e. The second kappa shape index (κ2) is 23.5. The number of nitrogens with one attached hydrogen (secondary N) is 1. The van der Waals surface area contributed by atoms with Crippen LogP contribution < -0.4 is 5.32 Å². The van der Waals surface area contributed by atoms with E-state index < -0.39 is 36.9 Å². The molecule has 1 amide bonds. The highest BCUT2D eigenvalue weighted by Gasteiger charge is 2.28. The van der Waals surface area contributed by atoms with E-state index in [0.717, 1.165) is 32.1 Å². The Balaban J connectivity index is 4.09. The van der Waals surface area contributed by atoms with E-state index in [4.69, 9.17) is 0 Å². The van der Waals surface area contributed by atoms with Crippen molar-refractivity contribution in [2.24, 2.45) is 0 Å². The van der Waals surface area contributed by atoms with Crippen LogP contribution in [0.5, 0.6) is 0 Å². The van der Waals surface area contributed by atoms with Gasteiger partial charge >= 0.3 is 0 Å². The van der Waals surface area contributed by atoms with Gasteiger partial charge < -0.3 is 25.7 Å². The van der Waals surface area contributed by atoms with Gasteiger partial charge in [0.05, 0.1) is 18.8 Å². The molecule has 0 bridgehead atoms. The van der Waals surface area contributed by atoms with Gasteiger partial charge in [0.25, 0.3) is 0 Å². The van der Waals surface area contributed by atoms with E-state index in [2.05, 4.69) is 31.3 Å². The topological polar surface area (TPSA) is 110 Å². The first-order chi connectivity index (χ1) is 16.5. The molecule has 0 radical (unpaired) electrons. The number of aliphatic hydroxyl groups excluding tert-OH is 4. The zero-order valence-electron chi connectivity index (χ0n) is 21.8. The highest BCUT2D eigenvalue weighted by Crippen LogP contribution is 2.13. The molecular formula is C28H53NO5. The lowest BCUT2D eigenvalue weighted by Gasteiger charge is -2.27. The van der Waals surface area contributed by atoms with Crippen LogP contribution in [0, 0.1) is 0 Å². The summed E-state index contributed by atoms with van der Waals surface area (Å²) in [5.74, 6) is -0.659. The number of aliphatic hydroxyl groups is 4. The van der Waals surface area contributed by atoms with E-state index in [1.54, 1.807) is 6.08 Å². The van der Waals surface area contributed by atoms with E-state index in [-0.39, 0.29) is 6.42 Å². The second-order valence-electron chi connectivity index (χ2n) is 9.40. The lowest BCUT2D eigenvalue weighted by atomic mass is 9.99. The molecule has 0 aromatic carbocycles.